The molecule has 8 nitrogen and oxygen atoms in total. The minimum absolute atomic E-state index is 0.298. The number of benzene rings is 1. The molecule has 0 bridgehead atoms. The molecule has 1 aliphatic heterocycles. The maximum absolute atomic E-state index is 13.0. The highest BCUT2D eigenvalue weighted by Gasteiger charge is 2.23. The fraction of sp³-hybridized carbons (Fsp3) is 0.375. The third-order valence-corrected chi connectivity index (χ3v) is 3.75. The van der Waals surface area contributed by atoms with Crippen molar-refractivity contribution >= 4 is 23.5 Å². The smallest absolute Gasteiger partial charge is 0.409 e. The lowest BCUT2D eigenvalue weighted by Gasteiger charge is -2.33. The number of piperazine rings is 1. The van der Waals surface area contributed by atoms with Crippen molar-refractivity contribution in [2.45, 2.75) is 6.92 Å². The van der Waals surface area contributed by atoms with Crippen molar-refractivity contribution < 1.29 is 13.9 Å². The van der Waals surface area contributed by atoms with Gasteiger partial charge in [-0.3, -0.25) is 0 Å². The van der Waals surface area contributed by atoms with Crippen LogP contribution in [-0.2, 0) is 4.74 Å². The van der Waals surface area contributed by atoms with E-state index in [1.54, 1.807) is 24.0 Å². The molecule has 2 aromatic rings. The number of anilines is 3. The summed E-state index contributed by atoms with van der Waals surface area (Å²) in [6, 6.07) is 5.98. The highest BCUT2D eigenvalue weighted by atomic mass is 19.1. The zero-order chi connectivity index (χ0) is 17.6. The third-order valence-electron chi connectivity index (χ3n) is 3.75. The van der Waals surface area contributed by atoms with Crippen molar-refractivity contribution in [1.29, 1.82) is 0 Å². The maximum Gasteiger partial charge on any atom is 0.409 e. The first-order valence-electron chi connectivity index (χ1n) is 8.04. The zero-order valence-electron chi connectivity index (χ0n) is 13.9. The van der Waals surface area contributed by atoms with Crippen LogP contribution in [0.5, 0.6) is 0 Å². The molecule has 1 amide bonds. The molecule has 0 saturated carbocycles. The summed E-state index contributed by atoms with van der Waals surface area (Å²) in [7, 11) is 0. The van der Waals surface area contributed by atoms with Crippen LogP contribution in [0.4, 0.5) is 26.6 Å². The number of ether oxygens (including phenoxy) is 1. The lowest BCUT2D eigenvalue weighted by molar-refractivity contribution is 0.105. The molecule has 9 heteroatoms. The van der Waals surface area contributed by atoms with E-state index in [-0.39, 0.29) is 11.9 Å². The van der Waals surface area contributed by atoms with Gasteiger partial charge in [-0.05, 0) is 31.2 Å². The van der Waals surface area contributed by atoms with Crippen molar-refractivity contribution in [3.05, 3.63) is 36.3 Å². The van der Waals surface area contributed by atoms with Crippen molar-refractivity contribution in [2.75, 3.05) is 43.0 Å². The average molecular weight is 346 g/mol. The van der Waals surface area contributed by atoms with E-state index in [2.05, 4.69) is 20.5 Å². The van der Waals surface area contributed by atoms with E-state index in [9.17, 15) is 9.18 Å². The Labute approximate surface area is 144 Å². The molecule has 0 spiro atoms. The van der Waals surface area contributed by atoms with E-state index in [1.807, 2.05) is 4.90 Å². The highest BCUT2D eigenvalue weighted by Crippen LogP contribution is 2.17. The number of amides is 1. The first kappa shape index (κ1) is 16.9. The van der Waals surface area contributed by atoms with Crippen molar-refractivity contribution in [2.24, 2.45) is 0 Å². The summed E-state index contributed by atoms with van der Waals surface area (Å²) in [6.07, 6.45) is 1.20. The van der Waals surface area contributed by atoms with Gasteiger partial charge in [0.15, 0.2) is 5.82 Å². The summed E-state index contributed by atoms with van der Waals surface area (Å²) in [5.41, 5.74) is 0.708. The Morgan fingerprint density at radius 1 is 1.24 bits per heavy atom. The van der Waals surface area contributed by atoms with Gasteiger partial charge in [-0.1, -0.05) is 0 Å². The number of carbonyl (C=O) groups excluding carboxylic acids is 1. The average Bonchev–Trinajstić information content (AvgIpc) is 2.64. The summed E-state index contributed by atoms with van der Waals surface area (Å²) < 4.78 is 18.0. The monoisotopic (exact) mass is 346 g/mol. The first-order chi connectivity index (χ1) is 12.2. The summed E-state index contributed by atoms with van der Waals surface area (Å²) in [4.78, 5) is 19.8. The number of carbonyl (C=O) groups is 1. The van der Waals surface area contributed by atoms with Crippen molar-refractivity contribution in [1.82, 2.24) is 20.1 Å². The Kier molecular flexibility index (Phi) is 5.22. The van der Waals surface area contributed by atoms with E-state index in [0.717, 1.165) is 0 Å². The lowest BCUT2D eigenvalue weighted by Crippen LogP contribution is -2.49. The van der Waals surface area contributed by atoms with Crippen LogP contribution in [0.2, 0.25) is 0 Å². The number of aromatic nitrogens is 3. The van der Waals surface area contributed by atoms with E-state index in [1.165, 1.54) is 18.3 Å². The molecular weight excluding hydrogens is 327 g/mol. The molecule has 3 rings (SSSR count). The second-order valence-corrected chi connectivity index (χ2v) is 5.45. The van der Waals surface area contributed by atoms with Crippen LogP contribution in [0.15, 0.2) is 30.5 Å². The molecular formula is C16H19FN6O2. The van der Waals surface area contributed by atoms with Gasteiger partial charge in [0.2, 0.25) is 5.95 Å². The topological polar surface area (TPSA) is 83.5 Å². The van der Waals surface area contributed by atoms with Gasteiger partial charge in [0, 0.05) is 31.9 Å². The van der Waals surface area contributed by atoms with E-state index in [4.69, 9.17) is 4.74 Å². The molecule has 1 fully saturated rings. The van der Waals surface area contributed by atoms with Gasteiger partial charge in [-0.2, -0.15) is 10.1 Å². The van der Waals surface area contributed by atoms with Gasteiger partial charge >= 0.3 is 6.09 Å². The highest BCUT2D eigenvalue weighted by molar-refractivity contribution is 5.68. The fourth-order valence-corrected chi connectivity index (χ4v) is 2.47. The molecule has 2 heterocycles. The van der Waals surface area contributed by atoms with Gasteiger partial charge in [-0.25, -0.2) is 9.18 Å². The number of nitrogens with zero attached hydrogens (tertiary/aromatic N) is 5. The van der Waals surface area contributed by atoms with E-state index >= 15 is 0 Å². The van der Waals surface area contributed by atoms with E-state index in [0.29, 0.717) is 50.2 Å². The number of hydrogen-bond acceptors (Lipinski definition) is 7. The minimum Gasteiger partial charge on any atom is -0.450 e. The predicted molar refractivity (Wildman–Crippen MR) is 90.3 cm³/mol. The quantitative estimate of drug-likeness (QED) is 0.907. The minimum atomic E-state index is -0.300. The number of nitrogens with one attached hydrogen (secondary N) is 1. The summed E-state index contributed by atoms with van der Waals surface area (Å²) in [5, 5.41) is 11.1. The molecule has 0 unspecified atom stereocenters. The van der Waals surface area contributed by atoms with Gasteiger partial charge < -0.3 is 19.9 Å². The van der Waals surface area contributed by atoms with Crippen LogP contribution in [0.1, 0.15) is 6.92 Å². The second kappa shape index (κ2) is 7.73. The number of hydrogen-bond donors (Lipinski definition) is 1. The van der Waals surface area contributed by atoms with Crippen LogP contribution in [0.25, 0.3) is 0 Å². The summed E-state index contributed by atoms with van der Waals surface area (Å²) in [6.45, 7) is 4.42. The van der Waals surface area contributed by atoms with Gasteiger partial charge in [0.25, 0.3) is 0 Å². The largest absolute Gasteiger partial charge is 0.450 e. The number of halogens is 1. The Morgan fingerprint density at radius 2 is 1.96 bits per heavy atom. The van der Waals surface area contributed by atoms with Crippen LogP contribution < -0.4 is 10.2 Å². The molecule has 1 saturated heterocycles. The van der Waals surface area contributed by atoms with Gasteiger partial charge in [0.05, 0.1) is 12.8 Å². The summed E-state index contributed by atoms with van der Waals surface area (Å²) >= 11 is 0. The Balaban J connectivity index is 1.62. The zero-order valence-corrected chi connectivity index (χ0v) is 13.9. The number of rotatable bonds is 4. The van der Waals surface area contributed by atoms with Crippen LogP contribution in [0.3, 0.4) is 0 Å². The Hall–Kier alpha value is -2.97. The van der Waals surface area contributed by atoms with Crippen LogP contribution in [-0.4, -0.2) is 59.0 Å². The molecule has 1 aromatic heterocycles. The Bertz CT molecular complexity index is 719. The first-order valence-corrected chi connectivity index (χ1v) is 8.04. The molecule has 25 heavy (non-hydrogen) atoms. The van der Waals surface area contributed by atoms with Crippen molar-refractivity contribution in [3.8, 4) is 0 Å². The molecule has 0 radical (unpaired) electrons. The lowest BCUT2D eigenvalue weighted by atomic mass is 10.3. The van der Waals surface area contributed by atoms with E-state index < -0.39 is 0 Å². The van der Waals surface area contributed by atoms with Crippen molar-refractivity contribution in [3.63, 3.8) is 0 Å². The normalized spacial score (nSPS) is 14.3. The molecule has 1 aliphatic rings. The summed E-state index contributed by atoms with van der Waals surface area (Å²) in [5.74, 6) is 0.701. The second-order valence-electron chi connectivity index (χ2n) is 5.45. The third kappa shape index (κ3) is 4.31. The Morgan fingerprint density at radius 3 is 2.64 bits per heavy atom. The maximum atomic E-state index is 13.0. The molecule has 1 N–H and O–H groups in total. The van der Waals surface area contributed by atoms with Gasteiger partial charge in [-0.15, -0.1) is 5.10 Å². The van der Waals surface area contributed by atoms with Crippen LogP contribution >= 0.6 is 0 Å². The molecule has 132 valence electrons. The molecule has 0 atom stereocenters. The molecule has 1 aromatic carbocycles. The van der Waals surface area contributed by atoms with Crippen LogP contribution in [0, 0.1) is 5.82 Å². The van der Waals surface area contributed by atoms with Gasteiger partial charge in [0.1, 0.15) is 5.82 Å². The predicted octanol–water partition coefficient (Wildman–Crippen LogP) is 2.03. The standard InChI is InChI=1S/C16H19FN6O2/c1-2-25-16(24)23-9-7-22(8-10-23)15-20-14(11-18-21-15)19-13-5-3-12(17)4-6-13/h3-6,11H,2,7-10H2,1H3,(H,19,20,21). The molecule has 0 aliphatic carbocycles. The SMILES string of the molecule is CCOC(=O)N1CCN(c2nncc(Nc3ccc(F)cc3)n2)CC1. The fourth-order valence-electron chi connectivity index (χ4n) is 2.47.